The Hall–Kier alpha value is -14.9. The van der Waals surface area contributed by atoms with Crippen LogP contribution >= 0.6 is 0 Å². The summed E-state index contributed by atoms with van der Waals surface area (Å²) < 4.78 is 0. The van der Waals surface area contributed by atoms with E-state index in [9.17, 15) is 53.7 Å². The first-order valence-corrected chi connectivity index (χ1v) is 34.6. The molecule has 0 spiro atoms. The lowest BCUT2D eigenvalue weighted by Gasteiger charge is -2.10. The Labute approximate surface area is 616 Å². The topological polar surface area (TPSA) is 217 Å². The van der Waals surface area contributed by atoms with Gasteiger partial charge in [0.25, 0.3) is 0 Å². The van der Waals surface area contributed by atoms with Crippen LogP contribution in [-0.2, 0) is 0 Å². The standard InChI is InChI=1S/2C26H16O3.2C22H14O3/c27-25(21-9-3-6-18-7-4-10-22(24(18)21)26(28)29)19-14-13-17-12-11-16-5-1-2-8-20(16)23(17)15-19;27-25(23-13-18-6-1-2-7-19(18)14-24(23)26(28)29)20-12-11-17-10-9-16-5-3-4-8-21(16)22(17)15-20;23-21(18-7-3-4-8-19(18)22(24)25)16-12-11-15-10-9-14-5-1-2-6-17(14)20(15)13-16;23-21(16-8-10-17(11-9-16)22(24)25)18-12-7-15-6-5-14-3-1-2-4-19(14)20(15)13-18/h2*1-15H,(H,28,29);2*1-13H,(H,24,25). The Morgan fingerprint density at radius 3 is 0.796 bits per heavy atom. The van der Waals surface area contributed by atoms with Gasteiger partial charge in [-0.25, -0.2) is 19.2 Å². The quantitative estimate of drug-likeness (QED) is 0.0663. The van der Waals surface area contributed by atoms with Crippen LogP contribution in [0.25, 0.3) is 108 Å². The monoisotopic (exact) mass is 1400 g/mol. The van der Waals surface area contributed by atoms with Gasteiger partial charge in [-0.2, -0.15) is 0 Å². The fourth-order valence-corrected chi connectivity index (χ4v) is 14.2. The molecule has 0 fully saturated rings. The zero-order valence-electron chi connectivity index (χ0n) is 57.4. The molecule has 4 N–H and O–H groups in total. The second kappa shape index (κ2) is 29.5. The molecule has 0 atom stereocenters. The summed E-state index contributed by atoms with van der Waals surface area (Å²) in [5.41, 5.74) is 3.73. The number of rotatable bonds is 12. The van der Waals surface area contributed by atoms with E-state index in [1.807, 2.05) is 218 Å². The third-order valence-electron chi connectivity index (χ3n) is 19.6. The molecule has 18 rings (SSSR count). The van der Waals surface area contributed by atoms with E-state index in [1.54, 1.807) is 72.8 Å². The predicted octanol–water partition coefficient (Wildman–Crippen LogP) is 22.0. The van der Waals surface area contributed by atoms with E-state index in [2.05, 4.69) is 24.3 Å². The number of carbonyl (C=O) groups excluding carboxylic acids is 4. The van der Waals surface area contributed by atoms with E-state index < -0.39 is 23.9 Å². The summed E-state index contributed by atoms with van der Waals surface area (Å²) in [7, 11) is 0. The van der Waals surface area contributed by atoms with Crippen molar-refractivity contribution in [1.82, 2.24) is 0 Å². The number of carbonyl (C=O) groups is 8. The van der Waals surface area contributed by atoms with Crippen molar-refractivity contribution in [2.45, 2.75) is 0 Å². The van der Waals surface area contributed by atoms with E-state index in [0.29, 0.717) is 38.8 Å². The Morgan fingerprint density at radius 1 is 0.157 bits per heavy atom. The van der Waals surface area contributed by atoms with Gasteiger partial charge in [-0.05, 0) is 163 Å². The lowest BCUT2D eigenvalue weighted by atomic mass is 9.92. The molecule has 12 nitrogen and oxygen atoms in total. The number of hydrogen-bond donors (Lipinski definition) is 4. The zero-order chi connectivity index (χ0) is 74.7. The number of ketones is 4. The van der Waals surface area contributed by atoms with Gasteiger partial charge in [-0.3, -0.25) is 19.2 Å². The molecule has 0 unspecified atom stereocenters. The Bertz CT molecular complexity index is 6790. The molecule has 0 bridgehead atoms. The molecule has 0 aliphatic carbocycles. The maximum absolute atomic E-state index is 13.4. The summed E-state index contributed by atoms with van der Waals surface area (Å²) >= 11 is 0. The van der Waals surface area contributed by atoms with E-state index in [-0.39, 0.29) is 56.5 Å². The number of carboxylic acid groups (broad SMARTS) is 4. The van der Waals surface area contributed by atoms with Crippen LogP contribution in [-0.4, -0.2) is 67.4 Å². The summed E-state index contributed by atoms with van der Waals surface area (Å²) in [4.78, 5) is 98.3. The van der Waals surface area contributed by atoms with E-state index in [1.165, 1.54) is 24.3 Å². The zero-order valence-corrected chi connectivity index (χ0v) is 57.4. The van der Waals surface area contributed by atoms with Gasteiger partial charge in [-0.1, -0.05) is 279 Å². The smallest absolute Gasteiger partial charge is 0.336 e. The highest BCUT2D eigenvalue weighted by Crippen LogP contribution is 2.34. The summed E-state index contributed by atoms with van der Waals surface area (Å²) in [6.07, 6.45) is 0. The Kier molecular flexibility index (Phi) is 18.8. The molecule has 516 valence electrons. The Balaban J connectivity index is 0.000000115. The SMILES string of the molecule is O=C(O)c1cc2ccccc2cc1C(=O)c1ccc2ccc3ccccc3c2c1.O=C(O)c1ccc(C(=O)c2ccc3ccc4ccccc4c3c2)cc1.O=C(O)c1cccc2cccc(C(=O)c3ccc4ccc5ccccc5c4c3)c12.O=C(O)c1ccccc1C(=O)c1ccc2ccc3ccccc3c2c1. The summed E-state index contributed by atoms with van der Waals surface area (Å²) in [6.45, 7) is 0. The van der Waals surface area contributed by atoms with Crippen molar-refractivity contribution in [1.29, 1.82) is 0 Å². The van der Waals surface area contributed by atoms with Crippen LogP contribution in [0, 0.1) is 0 Å². The molecule has 108 heavy (non-hydrogen) atoms. The molecular weight excluding hydrogens is 1350 g/mol. The molecule has 18 aromatic carbocycles. The van der Waals surface area contributed by atoms with Crippen molar-refractivity contribution < 1.29 is 58.8 Å². The lowest BCUT2D eigenvalue weighted by Crippen LogP contribution is -2.10. The second-order valence-corrected chi connectivity index (χ2v) is 26.0. The summed E-state index contributed by atoms with van der Waals surface area (Å²) in [6, 6.07) is 104. The van der Waals surface area contributed by atoms with E-state index >= 15 is 0 Å². The first-order chi connectivity index (χ1) is 52.5. The molecular formula is C96H60O12. The van der Waals surface area contributed by atoms with Gasteiger partial charge in [0.2, 0.25) is 0 Å². The third kappa shape index (κ3) is 13.6. The van der Waals surface area contributed by atoms with Crippen LogP contribution in [0.1, 0.15) is 105 Å². The normalized spacial score (nSPS) is 11.0. The molecule has 0 amide bonds. The fraction of sp³-hybridized carbons (Fsp3) is 0. The van der Waals surface area contributed by atoms with E-state index in [4.69, 9.17) is 5.11 Å². The van der Waals surface area contributed by atoms with Crippen LogP contribution in [0.15, 0.2) is 340 Å². The average Bonchev–Trinajstić information content (AvgIpc) is 0.779. The molecule has 18 aromatic rings. The first kappa shape index (κ1) is 68.9. The van der Waals surface area contributed by atoms with Gasteiger partial charge in [0.05, 0.1) is 22.3 Å². The molecule has 0 radical (unpaired) electrons. The van der Waals surface area contributed by atoms with Gasteiger partial charge in [-0.15, -0.1) is 0 Å². The first-order valence-electron chi connectivity index (χ1n) is 34.6. The summed E-state index contributed by atoms with van der Waals surface area (Å²) in [5, 5.41) is 57.4. The molecule has 0 aliphatic rings. The number of fused-ring (bicyclic) bond motifs is 14. The van der Waals surface area contributed by atoms with Gasteiger partial charge >= 0.3 is 23.9 Å². The predicted molar refractivity (Wildman–Crippen MR) is 428 cm³/mol. The van der Waals surface area contributed by atoms with Crippen LogP contribution in [0.2, 0.25) is 0 Å². The van der Waals surface area contributed by atoms with Crippen molar-refractivity contribution >= 4 is 155 Å². The molecule has 0 saturated heterocycles. The Morgan fingerprint density at radius 2 is 0.417 bits per heavy atom. The highest BCUT2D eigenvalue weighted by Gasteiger charge is 2.23. The van der Waals surface area contributed by atoms with Crippen LogP contribution < -0.4 is 0 Å². The molecule has 12 heteroatoms. The minimum atomic E-state index is -1.11. The van der Waals surface area contributed by atoms with Gasteiger partial charge in [0.1, 0.15) is 0 Å². The maximum Gasteiger partial charge on any atom is 0.336 e. The van der Waals surface area contributed by atoms with Crippen molar-refractivity contribution in [3.05, 3.63) is 406 Å². The summed E-state index contributed by atoms with van der Waals surface area (Å²) in [5.74, 6) is -5.13. The number of aromatic carboxylic acids is 4. The van der Waals surface area contributed by atoms with Crippen molar-refractivity contribution in [2.75, 3.05) is 0 Å². The maximum atomic E-state index is 13.4. The molecule has 0 saturated carbocycles. The van der Waals surface area contributed by atoms with Crippen molar-refractivity contribution in [2.24, 2.45) is 0 Å². The van der Waals surface area contributed by atoms with Crippen molar-refractivity contribution in [3.8, 4) is 0 Å². The third-order valence-corrected chi connectivity index (χ3v) is 19.6. The molecule has 0 aromatic heterocycles. The number of carboxylic acids is 4. The van der Waals surface area contributed by atoms with Crippen molar-refractivity contribution in [3.63, 3.8) is 0 Å². The lowest BCUT2D eigenvalue weighted by molar-refractivity contribution is 0.0683. The van der Waals surface area contributed by atoms with Crippen LogP contribution in [0.4, 0.5) is 0 Å². The van der Waals surface area contributed by atoms with Gasteiger partial charge in [0.15, 0.2) is 23.1 Å². The van der Waals surface area contributed by atoms with Crippen LogP contribution in [0.3, 0.4) is 0 Å². The molecule has 0 aliphatic heterocycles. The minimum absolute atomic E-state index is 0.0190. The van der Waals surface area contributed by atoms with Gasteiger partial charge in [0, 0.05) is 49.9 Å². The minimum Gasteiger partial charge on any atom is -0.478 e. The average molecular weight is 1410 g/mol. The van der Waals surface area contributed by atoms with E-state index in [0.717, 1.165) is 102 Å². The molecule has 0 heterocycles. The number of hydrogen-bond acceptors (Lipinski definition) is 8. The largest absolute Gasteiger partial charge is 0.478 e. The second-order valence-electron chi connectivity index (χ2n) is 26.0. The number of benzene rings is 18. The van der Waals surface area contributed by atoms with Crippen LogP contribution in [0.5, 0.6) is 0 Å². The van der Waals surface area contributed by atoms with Gasteiger partial charge < -0.3 is 20.4 Å². The highest BCUT2D eigenvalue weighted by atomic mass is 16.4. The fourth-order valence-electron chi connectivity index (χ4n) is 14.2. The highest BCUT2D eigenvalue weighted by molar-refractivity contribution is 6.23.